The number of amides is 1. The molecule has 234 valence electrons. The van der Waals surface area contributed by atoms with Crippen LogP contribution in [0.3, 0.4) is 0 Å². The topological polar surface area (TPSA) is 106 Å². The smallest absolute Gasteiger partial charge is 0.282 e. The number of terminal acetylenes is 1. The summed E-state index contributed by atoms with van der Waals surface area (Å²) in [5.41, 5.74) is 2.81. The van der Waals surface area contributed by atoms with E-state index in [2.05, 4.69) is 30.5 Å². The third kappa shape index (κ3) is 5.78. The Balaban J connectivity index is 1.46. The van der Waals surface area contributed by atoms with Gasteiger partial charge in [-0.3, -0.25) is 9.78 Å². The molecule has 6 rings (SSSR count). The van der Waals surface area contributed by atoms with Crippen molar-refractivity contribution in [3.8, 4) is 41.2 Å². The predicted molar refractivity (Wildman–Crippen MR) is 171 cm³/mol. The molecule has 4 heterocycles. The molecule has 2 aromatic carbocycles. The Morgan fingerprint density at radius 2 is 2.04 bits per heavy atom. The number of fused-ring (bicyclic) bond motifs is 2. The zero-order valence-corrected chi connectivity index (χ0v) is 25.3. The highest BCUT2D eigenvalue weighted by Gasteiger charge is 2.33. The van der Waals surface area contributed by atoms with Crippen LogP contribution < -0.4 is 9.64 Å². The summed E-state index contributed by atoms with van der Waals surface area (Å²) in [6.07, 6.45) is 9.42. The molecular weight excluding hydrogens is 590 g/mol. The maximum atomic E-state index is 14.8. The molecule has 9 nitrogen and oxygen atoms in total. The Morgan fingerprint density at radius 3 is 2.76 bits per heavy atom. The first-order chi connectivity index (χ1) is 22.2. The standard InChI is InChI=1S/C35H32F2N6O3/c1-4-27-29(37)8-7-22-14-26(44)16-28(33(22)27)23-15-30-34(39-18-23)31(17-32(40-30)46-20-25-6-5-11-41(25)3)42-12-13-43(35(45)21(2)36)24(19-42)9-10-38/h1,7-8,14-18,24-25,44H,2,5-6,9,11-13,19-20H2,3H3/t24?,25-/m0/s1. The number of anilines is 1. The Morgan fingerprint density at radius 1 is 1.22 bits per heavy atom. The lowest BCUT2D eigenvalue weighted by atomic mass is 9.94. The third-order valence-electron chi connectivity index (χ3n) is 8.85. The molecule has 4 aromatic rings. The summed E-state index contributed by atoms with van der Waals surface area (Å²) in [6, 6.07) is 11.2. The van der Waals surface area contributed by atoms with Crippen LogP contribution >= 0.6 is 0 Å². The fraction of sp³-hybridized carbons (Fsp3) is 0.314. The summed E-state index contributed by atoms with van der Waals surface area (Å²) in [6.45, 7) is 5.34. The van der Waals surface area contributed by atoms with Gasteiger partial charge in [-0.1, -0.05) is 18.6 Å². The zero-order chi connectivity index (χ0) is 32.5. The summed E-state index contributed by atoms with van der Waals surface area (Å²) in [4.78, 5) is 27.7. The number of ether oxygens (including phenoxy) is 1. The molecule has 46 heavy (non-hydrogen) atoms. The van der Waals surface area contributed by atoms with Crippen molar-refractivity contribution in [3.05, 3.63) is 66.4 Å². The van der Waals surface area contributed by atoms with E-state index in [1.165, 1.54) is 23.1 Å². The largest absolute Gasteiger partial charge is 0.508 e. The number of aromatic nitrogens is 2. The van der Waals surface area contributed by atoms with Gasteiger partial charge in [-0.25, -0.2) is 13.8 Å². The number of phenols is 1. The number of nitrogens with zero attached hydrogens (tertiary/aromatic N) is 6. The fourth-order valence-electron chi connectivity index (χ4n) is 6.48. The predicted octanol–water partition coefficient (Wildman–Crippen LogP) is 5.16. The highest BCUT2D eigenvalue weighted by molar-refractivity contribution is 6.03. The maximum Gasteiger partial charge on any atom is 0.282 e. The van der Waals surface area contributed by atoms with E-state index in [0.717, 1.165) is 19.4 Å². The van der Waals surface area contributed by atoms with Gasteiger partial charge in [-0.2, -0.15) is 5.26 Å². The third-order valence-corrected chi connectivity index (χ3v) is 8.85. The zero-order valence-electron chi connectivity index (χ0n) is 25.3. The van der Waals surface area contributed by atoms with Crippen molar-refractivity contribution in [1.29, 1.82) is 5.26 Å². The summed E-state index contributed by atoms with van der Waals surface area (Å²) in [5.74, 6) is 0.344. The van der Waals surface area contributed by atoms with Crippen LogP contribution in [0.15, 0.2) is 55.0 Å². The van der Waals surface area contributed by atoms with Gasteiger partial charge in [0.05, 0.1) is 35.3 Å². The molecule has 2 saturated heterocycles. The first kappa shape index (κ1) is 30.8. The number of nitriles is 1. The highest BCUT2D eigenvalue weighted by atomic mass is 19.1. The number of likely N-dealkylation sites (tertiary alicyclic amines) is 1. The molecule has 2 fully saturated rings. The molecule has 0 bridgehead atoms. The average molecular weight is 623 g/mol. The van der Waals surface area contributed by atoms with Crippen molar-refractivity contribution >= 4 is 33.4 Å². The molecule has 11 heteroatoms. The Hall–Kier alpha value is -5.26. The molecule has 0 radical (unpaired) electrons. The first-order valence-corrected chi connectivity index (χ1v) is 15.0. The number of aromatic hydroxyl groups is 1. The van der Waals surface area contributed by atoms with Crippen molar-refractivity contribution in [2.24, 2.45) is 0 Å². The number of pyridine rings is 2. The Bertz CT molecular complexity index is 1950. The number of halogens is 2. The minimum atomic E-state index is -1.07. The minimum Gasteiger partial charge on any atom is -0.508 e. The van der Waals surface area contributed by atoms with Crippen LogP contribution in [0.4, 0.5) is 14.5 Å². The molecule has 0 aliphatic carbocycles. The van der Waals surface area contributed by atoms with E-state index in [9.17, 15) is 23.9 Å². The number of benzene rings is 2. The van der Waals surface area contributed by atoms with Gasteiger partial charge in [-0.05, 0) is 61.6 Å². The van der Waals surface area contributed by atoms with Crippen LogP contribution in [0, 0.1) is 29.5 Å². The summed E-state index contributed by atoms with van der Waals surface area (Å²) in [7, 11) is 2.06. The lowest BCUT2D eigenvalue weighted by Gasteiger charge is -2.41. The minimum absolute atomic E-state index is 0.00608. The van der Waals surface area contributed by atoms with Crippen molar-refractivity contribution in [3.63, 3.8) is 0 Å². The van der Waals surface area contributed by atoms with E-state index in [1.807, 2.05) is 4.90 Å². The lowest BCUT2D eigenvalue weighted by Crippen LogP contribution is -2.55. The van der Waals surface area contributed by atoms with E-state index >= 15 is 0 Å². The number of phenolic OH excluding ortho intramolecular Hbond substituents is 1. The van der Waals surface area contributed by atoms with Crippen molar-refractivity contribution in [2.75, 3.05) is 44.7 Å². The lowest BCUT2D eigenvalue weighted by molar-refractivity contribution is -0.131. The highest BCUT2D eigenvalue weighted by Crippen LogP contribution is 2.38. The van der Waals surface area contributed by atoms with Crippen LogP contribution in [0.5, 0.6) is 11.6 Å². The second-order valence-corrected chi connectivity index (χ2v) is 11.7. The second kappa shape index (κ2) is 12.6. The molecule has 2 aliphatic heterocycles. The molecule has 2 atom stereocenters. The van der Waals surface area contributed by atoms with E-state index in [-0.39, 0.29) is 36.9 Å². The molecule has 0 spiro atoms. The maximum absolute atomic E-state index is 14.8. The Labute approximate surface area is 265 Å². The van der Waals surface area contributed by atoms with E-state index < -0.39 is 23.6 Å². The van der Waals surface area contributed by atoms with Gasteiger partial charge < -0.3 is 24.5 Å². The van der Waals surface area contributed by atoms with Gasteiger partial charge >= 0.3 is 0 Å². The van der Waals surface area contributed by atoms with Crippen LogP contribution in [-0.4, -0.2) is 82.7 Å². The number of carbonyl (C=O) groups is 1. The van der Waals surface area contributed by atoms with Crippen LogP contribution in [0.25, 0.3) is 32.9 Å². The molecule has 0 saturated carbocycles. The van der Waals surface area contributed by atoms with E-state index in [0.29, 0.717) is 57.7 Å². The SMILES string of the molecule is C#Cc1c(F)ccc2cc(O)cc(-c3cnc4c(N5CCN(C(=O)C(=C)F)C(CC#N)C5)cc(OC[C@@H]5CCCN5C)nc4c3)c12. The van der Waals surface area contributed by atoms with Crippen LogP contribution in [-0.2, 0) is 4.79 Å². The number of carbonyl (C=O) groups excluding carboxylic acids is 1. The van der Waals surface area contributed by atoms with Crippen LogP contribution in [0.2, 0.25) is 0 Å². The second-order valence-electron chi connectivity index (χ2n) is 11.7. The quantitative estimate of drug-likeness (QED) is 0.223. The Kier molecular flexibility index (Phi) is 8.44. The molecule has 2 aliphatic rings. The van der Waals surface area contributed by atoms with Gasteiger partial charge in [0, 0.05) is 48.9 Å². The molecule has 1 N–H and O–H groups in total. The summed E-state index contributed by atoms with van der Waals surface area (Å²) >= 11 is 0. The van der Waals surface area contributed by atoms with Gasteiger partial charge in [0.2, 0.25) is 5.88 Å². The van der Waals surface area contributed by atoms with E-state index in [1.54, 1.807) is 24.4 Å². The van der Waals surface area contributed by atoms with Crippen molar-refractivity contribution < 1.29 is 23.4 Å². The summed E-state index contributed by atoms with van der Waals surface area (Å²) in [5, 5.41) is 21.1. The van der Waals surface area contributed by atoms with E-state index in [4.69, 9.17) is 21.1 Å². The fourth-order valence-corrected chi connectivity index (χ4v) is 6.48. The summed E-state index contributed by atoms with van der Waals surface area (Å²) < 4.78 is 34.9. The molecule has 1 unspecified atom stereocenters. The average Bonchev–Trinajstić information content (AvgIpc) is 3.46. The van der Waals surface area contributed by atoms with Crippen molar-refractivity contribution in [2.45, 2.75) is 31.3 Å². The van der Waals surface area contributed by atoms with Gasteiger partial charge in [0.15, 0.2) is 5.83 Å². The first-order valence-electron chi connectivity index (χ1n) is 15.0. The normalized spacial score (nSPS) is 18.5. The number of hydrogen-bond acceptors (Lipinski definition) is 8. The molecule has 1 amide bonds. The number of likely N-dealkylation sites (N-methyl/N-ethyl adjacent to an activating group) is 1. The van der Waals surface area contributed by atoms with Gasteiger partial charge in [0.1, 0.15) is 23.7 Å². The number of hydrogen-bond donors (Lipinski definition) is 1. The van der Waals surface area contributed by atoms with Gasteiger partial charge in [0.25, 0.3) is 5.91 Å². The molecule has 2 aromatic heterocycles. The monoisotopic (exact) mass is 622 g/mol. The molecular formula is C35H32F2N6O3. The van der Waals surface area contributed by atoms with Crippen molar-refractivity contribution in [1.82, 2.24) is 19.8 Å². The number of rotatable bonds is 7. The number of piperazine rings is 1. The van der Waals surface area contributed by atoms with Crippen LogP contribution in [0.1, 0.15) is 24.8 Å². The van der Waals surface area contributed by atoms with Gasteiger partial charge in [-0.15, -0.1) is 6.42 Å².